The Kier molecular flexibility index (Phi) is 4.48. The van der Waals surface area contributed by atoms with Gasteiger partial charge in [0.2, 0.25) is 10.0 Å². The Bertz CT molecular complexity index is 323. The SMILES string of the molecule is CCCC(NS(=O)(=O)CC1CC1)C(N)=S. The molecule has 6 heteroatoms. The second kappa shape index (κ2) is 5.23. The number of nitrogens with one attached hydrogen (secondary N) is 1. The van der Waals surface area contributed by atoms with E-state index in [0.717, 1.165) is 19.3 Å². The minimum Gasteiger partial charge on any atom is -0.392 e. The first kappa shape index (κ1) is 12.9. The summed E-state index contributed by atoms with van der Waals surface area (Å²) in [5, 5.41) is 0. The van der Waals surface area contributed by atoms with Crippen LogP contribution in [0.2, 0.25) is 0 Å². The summed E-state index contributed by atoms with van der Waals surface area (Å²) in [6.07, 6.45) is 3.56. The fraction of sp³-hybridized carbons (Fsp3) is 0.889. The topological polar surface area (TPSA) is 72.2 Å². The van der Waals surface area contributed by atoms with E-state index in [9.17, 15) is 8.42 Å². The lowest BCUT2D eigenvalue weighted by Gasteiger charge is -2.16. The van der Waals surface area contributed by atoms with E-state index in [1.807, 2.05) is 6.92 Å². The van der Waals surface area contributed by atoms with Gasteiger partial charge in [-0.1, -0.05) is 25.6 Å². The highest BCUT2D eigenvalue weighted by atomic mass is 32.2. The summed E-state index contributed by atoms with van der Waals surface area (Å²) in [6, 6.07) is -0.381. The summed E-state index contributed by atoms with van der Waals surface area (Å²) in [7, 11) is -3.20. The molecule has 1 unspecified atom stereocenters. The zero-order valence-electron chi connectivity index (χ0n) is 8.90. The van der Waals surface area contributed by atoms with Crippen molar-refractivity contribution in [2.24, 2.45) is 11.7 Å². The maximum Gasteiger partial charge on any atom is 0.212 e. The Balaban J connectivity index is 2.51. The number of thiocarbonyl (C=S) groups is 1. The van der Waals surface area contributed by atoms with Gasteiger partial charge in [-0.3, -0.25) is 0 Å². The molecule has 15 heavy (non-hydrogen) atoms. The predicted octanol–water partition coefficient (Wildman–Crippen LogP) is 0.771. The van der Waals surface area contributed by atoms with Crippen molar-refractivity contribution in [3.05, 3.63) is 0 Å². The van der Waals surface area contributed by atoms with Crippen LogP contribution < -0.4 is 10.5 Å². The van der Waals surface area contributed by atoms with Gasteiger partial charge in [-0.15, -0.1) is 0 Å². The number of hydrogen-bond acceptors (Lipinski definition) is 3. The van der Waals surface area contributed by atoms with E-state index in [4.69, 9.17) is 18.0 Å². The van der Waals surface area contributed by atoms with Crippen molar-refractivity contribution >= 4 is 27.2 Å². The normalized spacial score (nSPS) is 18.7. The third-order valence-electron chi connectivity index (χ3n) is 2.39. The van der Waals surface area contributed by atoms with Gasteiger partial charge in [-0.2, -0.15) is 0 Å². The van der Waals surface area contributed by atoms with Crippen LogP contribution >= 0.6 is 12.2 Å². The summed E-state index contributed by atoms with van der Waals surface area (Å²) in [5.41, 5.74) is 5.48. The molecule has 88 valence electrons. The monoisotopic (exact) mass is 250 g/mol. The van der Waals surface area contributed by atoms with Crippen molar-refractivity contribution in [2.45, 2.75) is 38.6 Å². The largest absolute Gasteiger partial charge is 0.392 e. The molecular weight excluding hydrogens is 232 g/mol. The summed E-state index contributed by atoms with van der Waals surface area (Å²) >= 11 is 4.83. The molecule has 0 heterocycles. The third-order valence-corrected chi connectivity index (χ3v) is 4.23. The molecule has 1 atom stereocenters. The number of rotatable bonds is 7. The van der Waals surface area contributed by atoms with E-state index in [1.165, 1.54) is 0 Å². The number of nitrogens with two attached hydrogens (primary N) is 1. The molecule has 1 rings (SSSR count). The smallest absolute Gasteiger partial charge is 0.212 e. The molecule has 1 fully saturated rings. The van der Waals surface area contributed by atoms with Crippen molar-refractivity contribution in [1.82, 2.24) is 4.72 Å². The van der Waals surface area contributed by atoms with Crippen molar-refractivity contribution in [1.29, 1.82) is 0 Å². The lowest BCUT2D eigenvalue weighted by Crippen LogP contribution is -2.44. The third kappa shape index (κ3) is 4.90. The van der Waals surface area contributed by atoms with E-state index in [0.29, 0.717) is 12.3 Å². The van der Waals surface area contributed by atoms with E-state index in [1.54, 1.807) is 0 Å². The van der Waals surface area contributed by atoms with E-state index in [-0.39, 0.29) is 16.8 Å². The van der Waals surface area contributed by atoms with Crippen molar-refractivity contribution in [3.8, 4) is 0 Å². The van der Waals surface area contributed by atoms with Crippen LogP contribution in [0.25, 0.3) is 0 Å². The van der Waals surface area contributed by atoms with Gasteiger partial charge in [-0.05, 0) is 25.2 Å². The van der Waals surface area contributed by atoms with Crippen LogP contribution in [-0.4, -0.2) is 25.2 Å². The molecule has 4 nitrogen and oxygen atoms in total. The standard InChI is InChI=1S/C9H18N2O2S2/c1-2-3-8(9(10)14)11-15(12,13)6-7-4-5-7/h7-8,11H,2-6H2,1H3,(H2,10,14). The second-order valence-corrected chi connectivity index (χ2v) is 6.36. The maximum absolute atomic E-state index is 11.6. The first-order valence-electron chi connectivity index (χ1n) is 5.24. The molecule has 0 aromatic carbocycles. The maximum atomic E-state index is 11.6. The second-order valence-electron chi connectivity index (χ2n) is 4.09. The van der Waals surface area contributed by atoms with Gasteiger partial charge in [-0.25, -0.2) is 13.1 Å². The lowest BCUT2D eigenvalue weighted by molar-refractivity contribution is 0.563. The summed E-state index contributed by atoms with van der Waals surface area (Å²) < 4.78 is 25.9. The molecule has 0 aliphatic heterocycles. The van der Waals surface area contributed by atoms with Crippen LogP contribution in [0.3, 0.4) is 0 Å². The fourth-order valence-electron chi connectivity index (χ4n) is 1.41. The predicted molar refractivity (Wildman–Crippen MR) is 65.1 cm³/mol. The zero-order valence-corrected chi connectivity index (χ0v) is 10.5. The Morgan fingerprint density at radius 2 is 2.20 bits per heavy atom. The molecule has 3 N–H and O–H groups in total. The van der Waals surface area contributed by atoms with E-state index < -0.39 is 10.0 Å². The molecule has 0 radical (unpaired) electrons. The number of sulfonamides is 1. The Hall–Kier alpha value is -0.200. The van der Waals surface area contributed by atoms with Gasteiger partial charge in [0.15, 0.2) is 0 Å². The Labute approximate surface area is 96.7 Å². The first-order chi connectivity index (χ1) is 6.94. The van der Waals surface area contributed by atoms with Crippen LogP contribution in [-0.2, 0) is 10.0 Å². The van der Waals surface area contributed by atoms with Gasteiger partial charge in [0, 0.05) is 0 Å². The molecule has 0 saturated heterocycles. The van der Waals surface area contributed by atoms with E-state index >= 15 is 0 Å². The van der Waals surface area contributed by atoms with E-state index in [2.05, 4.69) is 4.72 Å². The van der Waals surface area contributed by atoms with Gasteiger partial charge < -0.3 is 5.73 Å². The minimum atomic E-state index is -3.20. The van der Waals surface area contributed by atoms with Gasteiger partial charge in [0.1, 0.15) is 0 Å². The molecule has 0 spiro atoms. The summed E-state index contributed by atoms with van der Waals surface area (Å²) in [6.45, 7) is 1.97. The molecule has 1 saturated carbocycles. The molecule has 0 aromatic heterocycles. The number of hydrogen-bond donors (Lipinski definition) is 2. The van der Waals surface area contributed by atoms with Crippen LogP contribution in [0.1, 0.15) is 32.6 Å². The highest BCUT2D eigenvalue weighted by molar-refractivity contribution is 7.89. The molecule has 1 aliphatic carbocycles. The highest BCUT2D eigenvalue weighted by Crippen LogP contribution is 2.30. The zero-order chi connectivity index (χ0) is 11.5. The average Bonchev–Trinajstić information content (AvgIpc) is 2.86. The highest BCUT2D eigenvalue weighted by Gasteiger charge is 2.29. The lowest BCUT2D eigenvalue weighted by atomic mass is 10.2. The molecule has 0 aromatic rings. The van der Waals surface area contributed by atoms with Crippen LogP contribution in [0.4, 0.5) is 0 Å². The van der Waals surface area contributed by atoms with Crippen LogP contribution in [0, 0.1) is 5.92 Å². The fourth-order valence-corrected chi connectivity index (χ4v) is 3.39. The molecule has 0 amide bonds. The molecular formula is C9H18N2O2S2. The van der Waals surface area contributed by atoms with Crippen LogP contribution in [0.5, 0.6) is 0 Å². The first-order valence-corrected chi connectivity index (χ1v) is 7.30. The quantitative estimate of drug-likeness (QED) is 0.655. The Morgan fingerprint density at radius 1 is 1.60 bits per heavy atom. The van der Waals surface area contributed by atoms with Crippen LogP contribution in [0.15, 0.2) is 0 Å². The van der Waals surface area contributed by atoms with Crippen molar-refractivity contribution < 1.29 is 8.42 Å². The van der Waals surface area contributed by atoms with Gasteiger partial charge in [0.05, 0.1) is 16.8 Å². The Morgan fingerprint density at radius 3 is 2.60 bits per heavy atom. The minimum absolute atomic E-state index is 0.218. The van der Waals surface area contributed by atoms with Gasteiger partial charge >= 0.3 is 0 Å². The molecule has 1 aliphatic rings. The average molecular weight is 250 g/mol. The van der Waals surface area contributed by atoms with Gasteiger partial charge in [0.25, 0.3) is 0 Å². The van der Waals surface area contributed by atoms with Crippen molar-refractivity contribution in [2.75, 3.05) is 5.75 Å². The summed E-state index contributed by atoms with van der Waals surface area (Å²) in [4.78, 5) is 0.233. The van der Waals surface area contributed by atoms with Crippen molar-refractivity contribution in [3.63, 3.8) is 0 Å². The molecule has 0 bridgehead atoms. The summed E-state index contributed by atoms with van der Waals surface area (Å²) in [5.74, 6) is 0.562.